The van der Waals surface area contributed by atoms with Crippen molar-refractivity contribution in [3.05, 3.63) is 57.3 Å². The highest BCUT2D eigenvalue weighted by Gasteiger charge is 2.21. The number of benzene rings is 1. The second-order valence-corrected chi connectivity index (χ2v) is 5.50. The summed E-state index contributed by atoms with van der Waals surface area (Å²) in [6.07, 6.45) is 2.10. The molecule has 1 atom stereocenters. The van der Waals surface area contributed by atoms with Gasteiger partial charge < -0.3 is 10.6 Å². The van der Waals surface area contributed by atoms with Crippen LogP contribution in [0.25, 0.3) is 0 Å². The predicted octanol–water partition coefficient (Wildman–Crippen LogP) is 3.25. The number of nitro groups is 1. The lowest BCUT2D eigenvalue weighted by atomic mass is 10.1. The van der Waals surface area contributed by atoms with Crippen LogP contribution in [-0.2, 0) is 6.42 Å². The molecule has 0 bridgehead atoms. The Morgan fingerprint density at radius 1 is 1.32 bits per heavy atom. The maximum atomic E-state index is 11.1. The first-order chi connectivity index (χ1) is 10.6. The zero-order valence-corrected chi connectivity index (χ0v) is 12.6. The first-order valence-electron chi connectivity index (χ1n) is 7.27. The SMILES string of the molecule is CNC1CCc2cc(Nc3nc(C)ccc3[N+](=O)[O-])ccc21. The summed E-state index contributed by atoms with van der Waals surface area (Å²) in [4.78, 5) is 14.9. The number of aryl methyl sites for hydroxylation is 2. The number of hydrogen-bond donors (Lipinski definition) is 2. The van der Waals surface area contributed by atoms with E-state index < -0.39 is 4.92 Å². The van der Waals surface area contributed by atoms with Crippen LogP contribution in [0.5, 0.6) is 0 Å². The number of pyridine rings is 1. The van der Waals surface area contributed by atoms with Gasteiger partial charge in [0.2, 0.25) is 5.82 Å². The molecular weight excluding hydrogens is 280 g/mol. The average molecular weight is 298 g/mol. The van der Waals surface area contributed by atoms with E-state index >= 15 is 0 Å². The van der Waals surface area contributed by atoms with Crippen molar-refractivity contribution in [3.63, 3.8) is 0 Å². The summed E-state index contributed by atoms with van der Waals surface area (Å²) in [5.41, 5.74) is 4.14. The first-order valence-corrected chi connectivity index (χ1v) is 7.27. The Labute approximate surface area is 128 Å². The van der Waals surface area contributed by atoms with Gasteiger partial charge in [0.05, 0.1) is 4.92 Å². The van der Waals surface area contributed by atoms with Crippen molar-refractivity contribution in [3.8, 4) is 0 Å². The molecule has 0 aliphatic heterocycles. The van der Waals surface area contributed by atoms with Gasteiger partial charge in [0, 0.05) is 23.5 Å². The highest BCUT2D eigenvalue weighted by molar-refractivity contribution is 5.66. The third-order valence-corrected chi connectivity index (χ3v) is 4.04. The largest absolute Gasteiger partial charge is 0.334 e. The molecule has 114 valence electrons. The summed E-state index contributed by atoms with van der Waals surface area (Å²) >= 11 is 0. The molecule has 6 heteroatoms. The summed E-state index contributed by atoms with van der Waals surface area (Å²) in [6, 6.07) is 9.60. The van der Waals surface area contributed by atoms with E-state index in [2.05, 4.69) is 27.8 Å². The van der Waals surface area contributed by atoms with E-state index in [-0.39, 0.29) is 11.5 Å². The number of hydrogen-bond acceptors (Lipinski definition) is 5. The lowest BCUT2D eigenvalue weighted by molar-refractivity contribution is -0.384. The van der Waals surface area contributed by atoms with Crippen LogP contribution in [-0.4, -0.2) is 17.0 Å². The summed E-state index contributed by atoms with van der Waals surface area (Å²) in [5, 5.41) is 17.5. The second-order valence-electron chi connectivity index (χ2n) is 5.50. The van der Waals surface area contributed by atoms with Crippen LogP contribution in [0.3, 0.4) is 0 Å². The first kappa shape index (κ1) is 14.5. The molecule has 0 amide bonds. The van der Waals surface area contributed by atoms with Gasteiger partial charge in [0.1, 0.15) is 0 Å². The van der Waals surface area contributed by atoms with Crippen molar-refractivity contribution in [2.75, 3.05) is 12.4 Å². The van der Waals surface area contributed by atoms with Gasteiger partial charge in [-0.15, -0.1) is 0 Å². The van der Waals surface area contributed by atoms with Crippen molar-refractivity contribution in [2.24, 2.45) is 0 Å². The van der Waals surface area contributed by atoms with Crippen LogP contribution >= 0.6 is 0 Å². The zero-order valence-electron chi connectivity index (χ0n) is 12.6. The van der Waals surface area contributed by atoms with Gasteiger partial charge in [-0.25, -0.2) is 4.98 Å². The van der Waals surface area contributed by atoms with Gasteiger partial charge in [-0.05, 0) is 56.1 Å². The van der Waals surface area contributed by atoms with Crippen LogP contribution < -0.4 is 10.6 Å². The molecule has 6 nitrogen and oxygen atoms in total. The molecule has 0 saturated heterocycles. The fraction of sp³-hybridized carbons (Fsp3) is 0.312. The third-order valence-electron chi connectivity index (χ3n) is 4.04. The molecule has 1 heterocycles. The van der Waals surface area contributed by atoms with Crippen molar-refractivity contribution in [1.29, 1.82) is 0 Å². The monoisotopic (exact) mass is 298 g/mol. The van der Waals surface area contributed by atoms with Crippen LogP contribution in [0.1, 0.15) is 29.3 Å². The quantitative estimate of drug-likeness (QED) is 0.669. The van der Waals surface area contributed by atoms with E-state index in [9.17, 15) is 10.1 Å². The number of rotatable bonds is 4. The number of anilines is 2. The molecule has 2 N–H and O–H groups in total. The van der Waals surface area contributed by atoms with Crippen molar-refractivity contribution < 1.29 is 4.92 Å². The summed E-state index contributed by atoms with van der Waals surface area (Å²) < 4.78 is 0. The van der Waals surface area contributed by atoms with E-state index in [1.165, 1.54) is 17.2 Å². The molecule has 1 unspecified atom stereocenters. The van der Waals surface area contributed by atoms with Gasteiger partial charge in [-0.3, -0.25) is 10.1 Å². The summed E-state index contributed by atoms with van der Waals surface area (Å²) in [5.74, 6) is 0.285. The Balaban J connectivity index is 1.92. The molecule has 1 aliphatic carbocycles. The molecule has 1 aromatic carbocycles. The fourth-order valence-electron chi connectivity index (χ4n) is 2.92. The second kappa shape index (κ2) is 5.73. The standard InChI is InChI=1S/C16H18N4O2/c1-10-3-8-15(20(21)22)16(18-10)19-12-5-6-13-11(9-12)4-7-14(13)17-2/h3,5-6,8-9,14,17H,4,7H2,1-2H3,(H,18,19). The molecule has 0 spiro atoms. The molecule has 0 fully saturated rings. The number of fused-ring (bicyclic) bond motifs is 1. The van der Waals surface area contributed by atoms with Gasteiger partial charge in [-0.1, -0.05) is 6.07 Å². The Morgan fingerprint density at radius 2 is 2.14 bits per heavy atom. The Hall–Kier alpha value is -2.47. The molecule has 22 heavy (non-hydrogen) atoms. The maximum Gasteiger partial charge on any atom is 0.311 e. The molecular formula is C16H18N4O2. The van der Waals surface area contributed by atoms with Crippen molar-refractivity contribution >= 4 is 17.2 Å². The minimum atomic E-state index is -0.417. The number of nitrogens with zero attached hydrogens (tertiary/aromatic N) is 2. The van der Waals surface area contributed by atoms with Gasteiger partial charge in [-0.2, -0.15) is 0 Å². The molecule has 1 aromatic heterocycles. The highest BCUT2D eigenvalue weighted by Crippen LogP contribution is 2.34. The van der Waals surface area contributed by atoms with Crippen LogP contribution in [0, 0.1) is 17.0 Å². The molecule has 0 saturated carbocycles. The minimum absolute atomic E-state index is 0.0146. The van der Waals surface area contributed by atoms with Crippen LogP contribution in [0.15, 0.2) is 30.3 Å². The topological polar surface area (TPSA) is 80.1 Å². The molecule has 0 radical (unpaired) electrons. The van der Waals surface area contributed by atoms with E-state index in [4.69, 9.17) is 0 Å². The summed E-state index contributed by atoms with van der Waals surface area (Å²) in [6.45, 7) is 1.81. The Kier molecular flexibility index (Phi) is 3.77. The lowest BCUT2D eigenvalue weighted by Gasteiger charge is -2.12. The predicted molar refractivity (Wildman–Crippen MR) is 85.5 cm³/mol. The van der Waals surface area contributed by atoms with Crippen LogP contribution in [0.2, 0.25) is 0 Å². The molecule has 3 rings (SSSR count). The normalized spacial score (nSPS) is 16.4. The third kappa shape index (κ3) is 2.65. The van der Waals surface area contributed by atoms with Crippen molar-refractivity contribution in [1.82, 2.24) is 10.3 Å². The Bertz CT molecular complexity index is 730. The van der Waals surface area contributed by atoms with E-state index in [1.807, 2.05) is 20.0 Å². The molecule has 2 aromatic rings. The van der Waals surface area contributed by atoms with Crippen LogP contribution in [0.4, 0.5) is 17.2 Å². The van der Waals surface area contributed by atoms with E-state index in [0.717, 1.165) is 24.2 Å². The lowest BCUT2D eigenvalue weighted by Crippen LogP contribution is -2.12. The van der Waals surface area contributed by atoms with Crippen molar-refractivity contribution in [2.45, 2.75) is 25.8 Å². The maximum absolute atomic E-state index is 11.1. The number of aromatic nitrogens is 1. The molecule has 1 aliphatic rings. The number of nitrogens with one attached hydrogen (secondary N) is 2. The van der Waals surface area contributed by atoms with Gasteiger partial charge in [0.15, 0.2) is 0 Å². The highest BCUT2D eigenvalue weighted by atomic mass is 16.6. The van der Waals surface area contributed by atoms with E-state index in [0.29, 0.717) is 6.04 Å². The average Bonchev–Trinajstić information content (AvgIpc) is 2.89. The zero-order chi connectivity index (χ0) is 15.7. The van der Waals surface area contributed by atoms with Gasteiger partial charge in [0.25, 0.3) is 0 Å². The minimum Gasteiger partial charge on any atom is -0.334 e. The summed E-state index contributed by atoms with van der Waals surface area (Å²) in [7, 11) is 1.96. The smallest absolute Gasteiger partial charge is 0.311 e. The van der Waals surface area contributed by atoms with Gasteiger partial charge >= 0.3 is 5.69 Å². The fourth-order valence-corrected chi connectivity index (χ4v) is 2.92. The Morgan fingerprint density at radius 3 is 2.86 bits per heavy atom. The van der Waals surface area contributed by atoms with E-state index in [1.54, 1.807) is 6.07 Å².